The van der Waals surface area contributed by atoms with Gasteiger partial charge in [-0.25, -0.2) is 9.37 Å². The van der Waals surface area contributed by atoms with Crippen LogP contribution in [0, 0.1) is 5.82 Å². The standard InChI is InChI=1S/C32H23F4N3O3/c1-37-30(40)28-24-16-19(8-14-26(24)42-29(28)18-5-9-21(33)10-6-18)23-17-20(7-13-25(23)32(34,35)36)31(41)39(22-11-12-22)27-4-2-3-15-38-27/h2-10,13-17,22H,11-12H2,1H3,(H,37,40). The molecule has 0 bridgehead atoms. The topological polar surface area (TPSA) is 75.4 Å². The lowest BCUT2D eigenvalue weighted by molar-refractivity contribution is -0.137. The number of alkyl halides is 3. The second kappa shape index (κ2) is 10.4. The van der Waals surface area contributed by atoms with Crippen LogP contribution in [0.4, 0.5) is 23.4 Å². The van der Waals surface area contributed by atoms with Crippen LogP contribution in [-0.2, 0) is 6.18 Å². The molecule has 5 aromatic rings. The molecule has 3 aromatic carbocycles. The van der Waals surface area contributed by atoms with Gasteiger partial charge < -0.3 is 9.73 Å². The van der Waals surface area contributed by atoms with Crippen molar-refractivity contribution in [2.45, 2.75) is 25.1 Å². The molecule has 0 unspecified atom stereocenters. The van der Waals surface area contributed by atoms with Crippen molar-refractivity contribution >= 4 is 28.6 Å². The molecule has 0 atom stereocenters. The van der Waals surface area contributed by atoms with Crippen molar-refractivity contribution in [3.05, 3.63) is 108 Å². The Kier molecular flexibility index (Phi) is 6.76. The molecule has 10 heteroatoms. The van der Waals surface area contributed by atoms with Crippen LogP contribution in [0.3, 0.4) is 0 Å². The third kappa shape index (κ3) is 5.00. The number of hydrogen-bond acceptors (Lipinski definition) is 4. The van der Waals surface area contributed by atoms with Crippen LogP contribution in [0.25, 0.3) is 33.4 Å². The zero-order valence-corrected chi connectivity index (χ0v) is 22.2. The van der Waals surface area contributed by atoms with Crippen LogP contribution >= 0.6 is 0 Å². The zero-order chi connectivity index (χ0) is 29.6. The van der Waals surface area contributed by atoms with Gasteiger partial charge in [-0.05, 0) is 90.7 Å². The number of hydrogen-bond donors (Lipinski definition) is 1. The largest absolute Gasteiger partial charge is 0.455 e. The van der Waals surface area contributed by atoms with E-state index in [1.807, 2.05) is 0 Å². The third-order valence-electron chi connectivity index (χ3n) is 7.16. The highest BCUT2D eigenvalue weighted by atomic mass is 19.4. The van der Waals surface area contributed by atoms with E-state index in [4.69, 9.17) is 4.42 Å². The number of rotatable bonds is 6. The summed E-state index contributed by atoms with van der Waals surface area (Å²) < 4.78 is 62.2. The van der Waals surface area contributed by atoms with E-state index in [1.165, 1.54) is 66.5 Å². The fraction of sp³-hybridized carbons (Fsp3) is 0.156. The van der Waals surface area contributed by atoms with Gasteiger partial charge in [-0.15, -0.1) is 0 Å². The molecule has 2 amide bonds. The van der Waals surface area contributed by atoms with Crippen molar-refractivity contribution in [1.82, 2.24) is 10.3 Å². The summed E-state index contributed by atoms with van der Waals surface area (Å²) in [7, 11) is 1.42. The zero-order valence-electron chi connectivity index (χ0n) is 22.2. The van der Waals surface area contributed by atoms with Crippen LogP contribution in [0.15, 0.2) is 89.5 Å². The van der Waals surface area contributed by atoms with E-state index in [1.54, 1.807) is 24.4 Å². The van der Waals surface area contributed by atoms with Crippen LogP contribution in [0.5, 0.6) is 0 Å². The number of halogens is 4. The second-order valence-corrected chi connectivity index (χ2v) is 9.96. The van der Waals surface area contributed by atoms with Gasteiger partial charge in [0.2, 0.25) is 0 Å². The molecule has 0 spiro atoms. The number of aromatic nitrogens is 1. The predicted octanol–water partition coefficient (Wildman–Crippen LogP) is 7.49. The Morgan fingerprint density at radius 2 is 1.69 bits per heavy atom. The van der Waals surface area contributed by atoms with E-state index in [9.17, 15) is 27.2 Å². The molecule has 42 heavy (non-hydrogen) atoms. The molecule has 1 fully saturated rings. The molecule has 0 saturated heterocycles. The normalized spacial score (nSPS) is 13.3. The fourth-order valence-corrected chi connectivity index (χ4v) is 5.01. The first-order valence-electron chi connectivity index (χ1n) is 13.2. The number of carbonyl (C=O) groups is 2. The first-order valence-corrected chi connectivity index (χ1v) is 13.2. The summed E-state index contributed by atoms with van der Waals surface area (Å²) in [4.78, 5) is 32.4. The SMILES string of the molecule is CNC(=O)c1c(-c2ccc(F)cc2)oc2ccc(-c3cc(C(=O)N(c4ccccn4)C4CC4)ccc3C(F)(F)F)cc12. The highest BCUT2D eigenvalue weighted by Crippen LogP contribution is 2.41. The number of anilines is 1. The molecule has 2 aromatic heterocycles. The summed E-state index contributed by atoms with van der Waals surface area (Å²) in [5.41, 5.74) is -0.175. The summed E-state index contributed by atoms with van der Waals surface area (Å²) in [6.07, 6.45) is -1.62. The summed E-state index contributed by atoms with van der Waals surface area (Å²) >= 11 is 0. The van der Waals surface area contributed by atoms with E-state index in [-0.39, 0.29) is 45.0 Å². The number of amides is 2. The molecule has 1 saturated carbocycles. The van der Waals surface area contributed by atoms with E-state index >= 15 is 0 Å². The van der Waals surface area contributed by atoms with E-state index in [0.717, 1.165) is 18.9 Å². The van der Waals surface area contributed by atoms with Gasteiger partial charge in [0.05, 0.1) is 11.1 Å². The number of nitrogens with zero attached hydrogens (tertiary/aromatic N) is 2. The average Bonchev–Trinajstić information content (AvgIpc) is 3.75. The maximum atomic E-state index is 14.2. The summed E-state index contributed by atoms with van der Waals surface area (Å²) in [5.74, 6) is -0.886. The minimum atomic E-state index is -4.72. The van der Waals surface area contributed by atoms with E-state index in [2.05, 4.69) is 10.3 Å². The maximum Gasteiger partial charge on any atom is 0.417 e. The van der Waals surface area contributed by atoms with Gasteiger partial charge in [0.1, 0.15) is 23.0 Å². The highest BCUT2D eigenvalue weighted by Gasteiger charge is 2.37. The number of carbonyl (C=O) groups excluding carboxylic acids is 2. The van der Waals surface area contributed by atoms with Crippen molar-refractivity contribution < 1.29 is 31.6 Å². The van der Waals surface area contributed by atoms with Crippen LogP contribution in [-0.4, -0.2) is 29.9 Å². The Hall–Kier alpha value is -4.99. The van der Waals surface area contributed by atoms with Gasteiger partial charge >= 0.3 is 6.18 Å². The van der Waals surface area contributed by atoms with Crippen molar-refractivity contribution in [2.24, 2.45) is 0 Å². The van der Waals surface area contributed by atoms with Gasteiger partial charge in [0, 0.05) is 35.8 Å². The first kappa shape index (κ1) is 27.2. The Balaban J connectivity index is 1.50. The maximum absolute atomic E-state index is 14.2. The Morgan fingerprint density at radius 3 is 2.33 bits per heavy atom. The lowest BCUT2D eigenvalue weighted by Gasteiger charge is -2.22. The minimum absolute atomic E-state index is 0.0707. The van der Waals surface area contributed by atoms with Crippen molar-refractivity contribution in [3.63, 3.8) is 0 Å². The average molecular weight is 574 g/mol. The number of nitrogens with one attached hydrogen (secondary N) is 1. The summed E-state index contributed by atoms with van der Waals surface area (Å²) in [6.45, 7) is 0. The quantitative estimate of drug-likeness (QED) is 0.214. The molecule has 0 aliphatic heterocycles. The Labute approximate surface area is 237 Å². The molecule has 212 valence electrons. The molecule has 0 radical (unpaired) electrons. The monoisotopic (exact) mass is 573 g/mol. The first-order chi connectivity index (χ1) is 20.2. The number of fused-ring (bicyclic) bond motifs is 1. The number of furan rings is 1. The van der Waals surface area contributed by atoms with Crippen molar-refractivity contribution in [1.29, 1.82) is 0 Å². The molecule has 1 aliphatic carbocycles. The molecular formula is C32H23F4N3O3. The molecule has 6 nitrogen and oxygen atoms in total. The van der Waals surface area contributed by atoms with E-state index in [0.29, 0.717) is 11.4 Å². The lowest BCUT2D eigenvalue weighted by atomic mass is 9.94. The molecule has 1 N–H and O–H groups in total. The number of pyridine rings is 1. The second-order valence-electron chi connectivity index (χ2n) is 9.96. The molecule has 1 aliphatic rings. The summed E-state index contributed by atoms with van der Waals surface area (Å²) in [5, 5.41) is 2.80. The molecule has 6 rings (SSSR count). The Morgan fingerprint density at radius 1 is 0.952 bits per heavy atom. The van der Waals surface area contributed by atoms with Crippen molar-refractivity contribution in [2.75, 3.05) is 11.9 Å². The molecule has 2 heterocycles. The van der Waals surface area contributed by atoms with Crippen LogP contribution in [0.2, 0.25) is 0 Å². The fourth-order valence-electron chi connectivity index (χ4n) is 5.01. The lowest BCUT2D eigenvalue weighted by Crippen LogP contribution is -2.33. The van der Waals surface area contributed by atoms with Gasteiger partial charge in [0.15, 0.2) is 0 Å². The Bertz CT molecular complexity index is 1810. The van der Waals surface area contributed by atoms with Gasteiger partial charge in [-0.1, -0.05) is 12.1 Å². The summed E-state index contributed by atoms with van der Waals surface area (Å²) in [6, 6.07) is 18.1. The highest BCUT2D eigenvalue weighted by molar-refractivity contribution is 6.12. The van der Waals surface area contributed by atoms with Crippen LogP contribution in [0.1, 0.15) is 39.1 Å². The minimum Gasteiger partial charge on any atom is -0.455 e. The van der Waals surface area contributed by atoms with Gasteiger partial charge in [0.25, 0.3) is 11.8 Å². The van der Waals surface area contributed by atoms with Gasteiger partial charge in [-0.2, -0.15) is 13.2 Å². The smallest absolute Gasteiger partial charge is 0.417 e. The number of benzene rings is 3. The van der Waals surface area contributed by atoms with Crippen molar-refractivity contribution in [3.8, 4) is 22.5 Å². The molecular weight excluding hydrogens is 550 g/mol. The van der Waals surface area contributed by atoms with Gasteiger partial charge in [-0.3, -0.25) is 14.5 Å². The third-order valence-corrected chi connectivity index (χ3v) is 7.16. The van der Waals surface area contributed by atoms with E-state index < -0.39 is 29.4 Å². The predicted molar refractivity (Wildman–Crippen MR) is 150 cm³/mol. The van der Waals surface area contributed by atoms with Crippen LogP contribution < -0.4 is 10.2 Å².